The lowest BCUT2D eigenvalue weighted by molar-refractivity contribution is 0.599. The zero-order valence-electron chi connectivity index (χ0n) is 8.52. The number of hydrogen-bond donors (Lipinski definition) is 2. The van der Waals surface area contributed by atoms with E-state index in [0.29, 0.717) is 0 Å². The van der Waals surface area contributed by atoms with Crippen LogP contribution in [0.5, 0.6) is 0 Å². The van der Waals surface area contributed by atoms with Crippen LogP contribution in [0.2, 0.25) is 0 Å². The van der Waals surface area contributed by atoms with Crippen molar-refractivity contribution in [3.8, 4) is 0 Å². The third kappa shape index (κ3) is 5.51. The first-order valence-corrected chi connectivity index (χ1v) is 6.45. The highest BCUT2D eigenvalue weighted by Crippen LogP contribution is 2.19. The summed E-state index contributed by atoms with van der Waals surface area (Å²) >= 11 is 0. The summed E-state index contributed by atoms with van der Waals surface area (Å²) in [4.78, 5) is 0. The lowest BCUT2D eigenvalue weighted by Crippen LogP contribution is -2.21. The maximum absolute atomic E-state index is 9.19. The van der Waals surface area contributed by atoms with Gasteiger partial charge in [0.25, 0.3) is 10.2 Å². The molecular formula is C10H16N2O2S. The molecule has 0 heterocycles. The standard InChI is InChI=1S/C10H12.H4N2O2S/c1-2-6-10-8-4-3-7-9(10)5-1;1-5(2,3)4/h1-2,5-6H,3-4,7-8H2;(H4,1,2,3,4). The van der Waals surface area contributed by atoms with Crippen molar-refractivity contribution in [2.45, 2.75) is 25.7 Å². The van der Waals surface area contributed by atoms with Gasteiger partial charge in [0.2, 0.25) is 0 Å². The Hall–Kier alpha value is -0.910. The van der Waals surface area contributed by atoms with E-state index in [0.717, 1.165) is 0 Å². The fourth-order valence-electron chi connectivity index (χ4n) is 1.68. The summed E-state index contributed by atoms with van der Waals surface area (Å²) in [6, 6.07) is 8.80. The number of rotatable bonds is 0. The molecule has 0 saturated carbocycles. The van der Waals surface area contributed by atoms with Crippen molar-refractivity contribution >= 4 is 10.2 Å². The molecule has 84 valence electrons. The molecule has 1 aromatic rings. The van der Waals surface area contributed by atoms with E-state index >= 15 is 0 Å². The maximum Gasteiger partial charge on any atom is 0.271 e. The van der Waals surface area contributed by atoms with Crippen LogP contribution in [-0.2, 0) is 23.1 Å². The van der Waals surface area contributed by atoms with Gasteiger partial charge in [-0.3, -0.25) is 0 Å². The quantitative estimate of drug-likeness (QED) is 0.685. The van der Waals surface area contributed by atoms with Gasteiger partial charge in [-0.15, -0.1) is 0 Å². The van der Waals surface area contributed by atoms with E-state index in [4.69, 9.17) is 0 Å². The molecular weight excluding hydrogens is 212 g/mol. The first-order valence-electron chi connectivity index (χ1n) is 4.84. The van der Waals surface area contributed by atoms with Crippen LogP contribution in [0.4, 0.5) is 0 Å². The molecule has 1 aliphatic carbocycles. The molecule has 4 nitrogen and oxygen atoms in total. The maximum atomic E-state index is 9.19. The first kappa shape index (κ1) is 12.2. The minimum atomic E-state index is -3.67. The summed E-state index contributed by atoms with van der Waals surface area (Å²) in [5.41, 5.74) is 3.16. The molecule has 0 aliphatic heterocycles. The normalized spacial score (nSPS) is 14.8. The molecule has 0 spiro atoms. The van der Waals surface area contributed by atoms with Crippen molar-refractivity contribution in [2.75, 3.05) is 0 Å². The van der Waals surface area contributed by atoms with Gasteiger partial charge in [-0.1, -0.05) is 24.3 Å². The van der Waals surface area contributed by atoms with E-state index in [9.17, 15) is 8.42 Å². The third-order valence-electron chi connectivity index (χ3n) is 2.26. The molecule has 5 heteroatoms. The highest BCUT2D eigenvalue weighted by Gasteiger charge is 2.05. The molecule has 1 aromatic carbocycles. The number of hydrogen-bond acceptors (Lipinski definition) is 2. The summed E-state index contributed by atoms with van der Waals surface area (Å²) in [6.07, 6.45) is 5.38. The summed E-state index contributed by atoms with van der Waals surface area (Å²) in [6.45, 7) is 0. The predicted octanol–water partition coefficient (Wildman–Crippen LogP) is 0.714. The van der Waals surface area contributed by atoms with Crippen LogP contribution in [0.15, 0.2) is 24.3 Å². The van der Waals surface area contributed by atoms with Gasteiger partial charge in [0.05, 0.1) is 0 Å². The number of aryl methyl sites for hydroxylation is 2. The topological polar surface area (TPSA) is 86.2 Å². The van der Waals surface area contributed by atoms with Crippen molar-refractivity contribution in [1.82, 2.24) is 0 Å². The van der Waals surface area contributed by atoms with E-state index in [1.165, 1.54) is 25.7 Å². The predicted molar refractivity (Wildman–Crippen MR) is 60.4 cm³/mol. The second kappa shape index (κ2) is 5.25. The molecule has 0 atom stereocenters. The molecule has 4 N–H and O–H groups in total. The molecule has 1 aliphatic rings. The Bertz CT molecular complexity index is 382. The average Bonchev–Trinajstić information content (AvgIpc) is 2.16. The Morgan fingerprint density at radius 2 is 1.27 bits per heavy atom. The molecule has 0 amide bonds. The van der Waals surface area contributed by atoms with Gasteiger partial charge < -0.3 is 0 Å². The lowest BCUT2D eigenvalue weighted by Gasteiger charge is -2.13. The van der Waals surface area contributed by atoms with Crippen LogP contribution in [-0.4, -0.2) is 8.42 Å². The second-order valence-electron chi connectivity index (χ2n) is 3.56. The number of nitrogens with two attached hydrogens (primary N) is 2. The van der Waals surface area contributed by atoms with E-state index in [1.807, 2.05) is 0 Å². The Labute approximate surface area is 90.5 Å². The van der Waals surface area contributed by atoms with E-state index in [-0.39, 0.29) is 0 Å². The smallest absolute Gasteiger partial charge is 0.216 e. The van der Waals surface area contributed by atoms with E-state index in [1.54, 1.807) is 11.1 Å². The average molecular weight is 228 g/mol. The summed E-state index contributed by atoms with van der Waals surface area (Å²) in [5, 5.41) is 8.21. The largest absolute Gasteiger partial charge is 0.271 e. The molecule has 0 aromatic heterocycles. The summed E-state index contributed by atoms with van der Waals surface area (Å²) in [5.74, 6) is 0. The molecule has 0 unspecified atom stereocenters. The van der Waals surface area contributed by atoms with Gasteiger partial charge in [0.15, 0.2) is 0 Å². The van der Waals surface area contributed by atoms with Gasteiger partial charge >= 0.3 is 0 Å². The van der Waals surface area contributed by atoms with Crippen molar-refractivity contribution in [1.29, 1.82) is 0 Å². The number of fused-ring (bicyclic) bond motifs is 1. The zero-order valence-corrected chi connectivity index (χ0v) is 9.33. The van der Waals surface area contributed by atoms with Crippen LogP contribution in [0.25, 0.3) is 0 Å². The van der Waals surface area contributed by atoms with Gasteiger partial charge in [0, 0.05) is 0 Å². The van der Waals surface area contributed by atoms with Gasteiger partial charge in [-0.2, -0.15) is 8.42 Å². The zero-order chi connectivity index (χ0) is 11.3. The highest BCUT2D eigenvalue weighted by molar-refractivity contribution is 7.86. The van der Waals surface area contributed by atoms with Gasteiger partial charge in [-0.05, 0) is 36.8 Å². The van der Waals surface area contributed by atoms with Crippen LogP contribution >= 0.6 is 0 Å². The minimum Gasteiger partial charge on any atom is -0.216 e. The number of benzene rings is 1. The van der Waals surface area contributed by atoms with Crippen LogP contribution in [0.1, 0.15) is 24.0 Å². The van der Waals surface area contributed by atoms with Gasteiger partial charge in [-0.25, -0.2) is 10.3 Å². The van der Waals surface area contributed by atoms with Crippen molar-refractivity contribution in [3.05, 3.63) is 35.4 Å². The van der Waals surface area contributed by atoms with Crippen molar-refractivity contribution < 1.29 is 8.42 Å². The monoisotopic (exact) mass is 228 g/mol. The molecule has 0 saturated heterocycles. The van der Waals surface area contributed by atoms with E-state index in [2.05, 4.69) is 34.5 Å². The fraction of sp³-hybridized carbons (Fsp3) is 0.400. The Kier molecular flexibility index (Phi) is 4.26. The van der Waals surface area contributed by atoms with Crippen molar-refractivity contribution in [3.63, 3.8) is 0 Å². The summed E-state index contributed by atoms with van der Waals surface area (Å²) < 4.78 is 18.4. The van der Waals surface area contributed by atoms with E-state index < -0.39 is 10.2 Å². The fourth-order valence-corrected chi connectivity index (χ4v) is 1.68. The molecule has 0 fully saturated rings. The Morgan fingerprint density at radius 1 is 0.933 bits per heavy atom. The highest BCUT2D eigenvalue weighted by atomic mass is 32.2. The first-order chi connectivity index (χ1) is 6.97. The van der Waals surface area contributed by atoms with Crippen LogP contribution < -0.4 is 10.3 Å². The SMILES string of the molecule is NS(N)(=O)=O.c1ccc2c(c1)CCCC2. The Balaban J connectivity index is 0.000000195. The Morgan fingerprint density at radius 3 is 1.60 bits per heavy atom. The van der Waals surface area contributed by atoms with Crippen molar-refractivity contribution in [2.24, 2.45) is 10.3 Å². The summed E-state index contributed by atoms with van der Waals surface area (Å²) in [7, 11) is -3.67. The third-order valence-corrected chi connectivity index (χ3v) is 2.26. The minimum absolute atomic E-state index is 1.30. The van der Waals surface area contributed by atoms with Crippen LogP contribution in [0.3, 0.4) is 0 Å². The van der Waals surface area contributed by atoms with Gasteiger partial charge in [0.1, 0.15) is 0 Å². The molecule has 2 rings (SSSR count). The van der Waals surface area contributed by atoms with Crippen LogP contribution in [0, 0.1) is 0 Å². The molecule has 15 heavy (non-hydrogen) atoms. The second-order valence-corrected chi connectivity index (χ2v) is 4.74. The molecule has 0 radical (unpaired) electrons. The molecule has 0 bridgehead atoms. The lowest BCUT2D eigenvalue weighted by atomic mass is 9.92.